The predicted octanol–water partition coefficient (Wildman–Crippen LogP) is 5.14. The Balaban J connectivity index is 0.000000432. The molecule has 0 bridgehead atoms. The minimum atomic E-state index is -5.84. The Hall–Kier alpha value is -2.60. The standard InChI is InChI=1S/C21H22N2O2.2CHF3O3S.Zn/c1-21(2,19-22-17(13-24-19)15-9-5-3-6-10-15)20-23-18(14-25-20)16-11-7-4-8-12-16;2*2-1(3,4)8(5,6)7;/h3-12,17-18H,13-14H2,1-2H3;2*(H,5,6,7);/t17-,18-;;;/m1.../s1. The SMILES string of the molecule is CC(C)(C1=N[C@@H](c2ccccc2)CO1)C1=N[C@@H](c2ccccc2)CO1.O=S(=O)(O)C(F)(F)F.O=S(=O)(O)C(F)(F)F.[Zn]. The van der Waals surface area contributed by atoms with Gasteiger partial charge in [-0.1, -0.05) is 60.7 Å². The van der Waals surface area contributed by atoms with Crippen LogP contribution in [0.5, 0.6) is 0 Å². The molecule has 2 heterocycles. The molecule has 0 aliphatic carbocycles. The average molecular weight is 700 g/mol. The summed E-state index contributed by atoms with van der Waals surface area (Å²) in [4.78, 5) is 9.61. The number of nitrogens with zero attached hydrogens (tertiary/aromatic N) is 2. The fraction of sp³-hybridized carbons (Fsp3) is 0.391. The number of benzene rings is 2. The van der Waals surface area contributed by atoms with E-state index in [2.05, 4.69) is 38.1 Å². The van der Waals surface area contributed by atoms with Crippen molar-refractivity contribution in [2.24, 2.45) is 15.4 Å². The maximum absolute atomic E-state index is 10.7. The van der Waals surface area contributed by atoms with Gasteiger partial charge < -0.3 is 9.47 Å². The second kappa shape index (κ2) is 14.2. The van der Waals surface area contributed by atoms with E-state index in [4.69, 9.17) is 45.4 Å². The Morgan fingerprint density at radius 3 is 1.17 bits per heavy atom. The van der Waals surface area contributed by atoms with Gasteiger partial charge in [-0.25, -0.2) is 9.98 Å². The summed E-state index contributed by atoms with van der Waals surface area (Å²) in [5.41, 5.74) is -9.19. The van der Waals surface area contributed by atoms with Crippen molar-refractivity contribution in [3.63, 3.8) is 0 Å². The molecule has 2 aliphatic rings. The van der Waals surface area contributed by atoms with Crippen molar-refractivity contribution in [1.29, 1.82) is 0 Å². The molecule has 0 spiro atoms. The van der Waals surface area contributed by atoms with Crippen LogP contribution in [0.1, 0.15) is 37.1 Å². The molecule has 0 unspecified atom stereocenters. The molecule has 10 nitrogen and oxygen atoms in total. The third-order valence-electron chi connectivity index (χ3n) is 5.33. The van der Waals surface area contributed by atoms with E-state index in [0.717, 1.165) is 0 Å². The number of aliphatic imine (C=N–C) groups is 2. The summed E-state index contributed by atoms with van der Waals surface area (Å²) in [5.74, 6) is 1.41. The van der Waals surface area contributed by atoms with E-state index in [1.54, 1.807) is 0 Å². The summed E-state index contributed by atoms with van der Waals surface area (Å²) in [6.45, 7) is 5.26. The second-order valence-corrected chi connectivity index (χ2v) is 11.6. The summed E-state index contributed by atoms with van der Waals surface area (Å²) in [7, 11) is -11.7. The first-order valence-corrected chi connectivity index (χ1v) is 14.1. The van der Waals surface area contributed by atoms with Crippen LogP contribution in [0.25, 0.3) is 0 Å². The van der Waals surface area contributed by atoms with Crippen molar-refractivity contribution in [1.82, 2.24) is 0 Å². The zero-order valence-corrected chi connectivity index (χ0v) is 26.5. The minimum absolute atomic E-state index is 0. The van der Waals surface area contributed by atoms with Gasteiger partial charge in [0.25, 0.3) is 0 Å². The molecule has 2 aromatic rings. The van der Waals surface area contributed by atoms with Crippen LogP contribution >= 0.6 is 0 Å². The zero-order chi connectivity index (χ0) is 31.3. The maximum Gasteiger partial charge on any atom is 0.522 e. The van der Waals surface area contributed by atoms with Crippen molar-refractivity contribution >= 4 is 32.0 Å². The van der Waals surface area contributed by atoms with Gasteiger partial charge in [-0.05, 0) is 25.0 Å². The quantitative estimate of drug-likeness (QED) is 0.193. The Labute approximate surface area is 250 Å². The molecule has 2 aliphatic heterocycles. The van der Waals surface area contributed by atoms with E-state index >= 15 is 0 Å². The fourth-order valence-corrected chi connectivity index (χ4v) is 3.21. The smallest absolute Gasteiger partial charge is 0.478 e. The van der Waals surface area contributed by atoms with E-state index in [-0.39, 0.29) is 31.6 Å². The van der Waals surface area contributed by atoms with Gasteiger partial charge in [-0.3, -0.25) is 9.11 Å². The van der Waals surface area contributed by atoms with Crippen LogP contribution in [0, 0.1) is 5.41 Å². The number of alkyl halides is 6. The topological polar surface area (TPSA) is 152 Å². The molecule has 230 valence electrons. The van der Waals surface area contributed by atoms with Crippen LogP contribution in [0.3, 0.4) is 0 Å². The largest absolute Gasteiger partial charge is 0.522 e. The van der Waals surface area contributed by atoms with Gasteiger partial charge in [0.2, 0.25) is 0 Å². The monoisotopic (exact) mass is 698 g/mol. The van der Waals surface area contributed by atoms with Gasteiger partial charge in [-0.2, -0.15) is 43.2 Å². The van der Waals surface area contributed by atoms with Crippen molar-refractivity contribution in [3.8, 4) is 0 Å². The number of rotatable bonds is 4. The molecular weight excluding hydrogens is 676 g/mol. The van der Waals surface area contributed by atoms with Gasteiger partial charge in [-0.15, -0.1) is 0 Å². The van der Waals surface area contributed by atoms with Crippen molar-refractivity contribution in [2.75, 3.05) is 13.2 Å². The normalized spacial score (nSPS) is 18.9. The van der Waals surface area contributed by atoms with Crippen LogP contribution in [-0.2, 0) is 49.2 Å². The molecule has 0 saturated heterocycles. The summed E-state index contributed by atoms with van der Waals surface area (Å²) >= 11 is 0. The number of halogens is 6. The minimum Gasteiger partial charge on any atom is -0.478 e. The van der Waals surface area contributed by atoms with Gasteiger partial charge in [0.05, 0.1) is 0 Å². The molecule has 0 aromatic heterocycles. The van der Waals surface area contributed by atoms with Crippen molar-refractivity contribution < 1.29 is 81.2 Å². The third-order valence-corrected chi connectivity index (χ3v) is 6.49. The van der Waals surface area contributed by atoms with Crippen LogP contribution in [0.4, 0.5) is 26.3 Å². The van der Waals surface area contributed by atoms with Gasteiger partial charge >= 0.3 is 31.3 Å². The molecule has 42 heavy (non-hydrogen) atoms. The Morgan fingerprint density at radius 2 is 0.929 bits per heavy atom. The fourth-order valence-electron chi connectivity index (χ4n) is 3.21. The average Bonchev–Trinajstić information content (AvgIpc) is 3.55. The molecule has 19 heteroatoms. The number of hydrogen-bond donors (Lipinski definition) is 2. The second-order valence-electron chi connectivity index (χ2n) is 8.81. The Bertz CT molecular complexity index is 1340. The number of hydrogen-bond acceptors (Lipinski definition) is 8. The summed E-state index contributed by atoms with van der Waals surface area (Å²) in [6.07, 6.45) is 0. The number of ether oxygens (including phenoxy) is 2. The molecule has 4 rings (SSSR count). The van der Waals surface area contributed by atoms with Crippen molar-refractivity contribution in [3.05, 3.63) is 71.8 Å². The Morgan fingerprint density at radius 1 is 0.667 bits per heavy atom. The maximum atomic E-state index is 10.7. The first-order valence-electron chi connectivity index (χ1n) is 11.2. The molecule has 2 atom stereocenters. The molecule has 2 N–H and O–H groups in total. The van der Waals surface area contributed by atoms with E-state index in [9.17, 15) is 26.3 Å². The molecule has 0 amide bonds. The zero-order valence-electron chi connectivity index (χ0n) is 21.9. The van der Waals surface area contributed by atoms with E-state index < -0.39 is 36.7 Å². The molecule has 2 aromatic carbocycles. The first-order chi connectivity index (χ1) is 18.6. The van der Waals surface area contributed by atoms with E-state index in [1.165, 1.54) is 11.1 Å². The summed E-state index contributed by atoms with van der Waals surface area (Å²) < 4.78 is 127. The third kappa shape index (κ3) is 10.3. The molecule has 0 saturated carbocycles. The summed E-state index contributed by atoms with van der Waals surface area (Å²) in [6, 6.07) is 20.6. The van der Waals surface area contributed by atoms with E-state index in [1.807, 2.05) is 36.4 Å². The molecule has 0 radical (unpaired) electrons. The van der Waals surface area contributed by atoms with Gasteiger partial charge in [0.1, 0.15) is 30.7 Å². The Kier molecular flexibility index (Phi) is 12.7. The van der Waals surface area contributed by atoms with Crippen LogP contribution < -0.4 is 0 Å². The van der Waals surface area contributed by atoms with Crippen molar-refractivity contribution in [2.45, 2.75) is 36.9 Å². The van der Waals surface area contributed by atoms with E-state index in [0.29, 0.717) is 25.0 Å². The predicted molar refractivity (Wildman–Crippen MR) is 134 cm³/mol. The summed E-state index contributed by atoms with van der Waals surface area (Å²) in [5, 5.41) is 0. The van der Waals surface area contributed by atoms with Gasteiger partial charge in [0.15, 0.2) is 11.8 Å². The van der Waals surface area contributed by atoms with Gasteiger partial charge in [0, 0.05) is 19.5 Å². The molecule has 0 fully saturated rings. The molecular formula is C23H24F6N2O8S2Zn. The van der Waals surface area contributed by atoms with Crippen LogP contribution in [0.15, 0.2) is 70.6 Å². The van der Waals surface area contributed by atoms with Crippen LogP contribution in [-0.4, -0.2) is 62.0 Å². The van der Waals surface area contributed by atoms with Crippen LogP contribution in [0.2, 0.25) is 0 Å². The first kappa shape index (κ1) is 37.4.